The number of nitrogens with one attached hydrogen (secondary N) is 1. The van der Waals surface area contributed by atoms with Crippen molar-refractivity contribution >= 4 is 5.82 Å². The van der Waals surface area contributed by atoms with Crippen LogP contribution in [-0.2, 0) is 19.5 Å². The van der Waals surface area contributed by atoms with Gasteiger partial charge in [0.25, 0.3) is 0 Å². The zero-order chi connectivity index (χ0) is 15.1. The highest BCUT2D eigenvalue weighted by Crippen LogP contribution is 2.17. The molecule has 0 amide bonds. The van der Waals surface area contributed by atoms with Gasteiger partial charge >= 0.3 is 0 Å². The Kier molecular flexibility index (Phi) is 5.69. The number of anilines is 1. The lowest BCUT2D eigenvalue weighted by Crippen LogP contribution is -2.19. The minimum Gasteiger partial charge on any atom is -0.355 e. The van der Waals surface area contributed by atoms with Gasteiger partial charge in [0.1, 0.15) is 5.82 Å². The van der Waals surface area contributed by atoms with E-state index >= 15 is 0 Å². The monoisotopic (exact) mass is 284 g/mol. The Morgan fingerprint density at radius 1 is 1.10 bits per heavy atom. The van der Waals surface area contributed by atoms with Gasteiger partial charge in [0.2, 0.25) is 0 Å². The number of nitrogens with zero attached hydrogens (tertiary/aromatic N) is 3. The molecular formula is C17H24N4. The second kappa shape index (κ2) is 7.74. The van der Waals surface area contributed by atoms with Gasteiger partial charge in [0, 0.05) is 38.2 Å². The summed E-state index contributed by atoms with van der Waals surface area (Å²) in [6, 6.07) is 8.44. The van der Waals surface area contributed by atoms with Gasteiger partial charge in [-0.15, -0.1) is 0 Å². The van der Waals surface area contributed by atoms with Crippen LogP contribution in [0.2, 0.25) is 0 Å². The lowest BCUT2D eigenvalue weighted by molar-refractivity contribution is 0.723. The molecule has 0 saturated carbocycles. The molecule has 2 rings (SSSR count). The number of hydrogen-bond donors (Lipinski definition) is 1. The van der Waals surface area contributed by atoms with Crippen LogP contribution >= 0.6 is 0 Å². The average Bonchev–Trinajstić information content (AvgIpc) is 2.53. The molecule has 0 fully saturated rings. The van der Waals surface area contributed by atoms with Crippen molar-refractivity contribution in [1.29, 1.82) is 0 Å². The fourth-order valence-corrected chi connectivity index (χ4v) is 2.22. The zero-order valence-corrected chi connectivity index (χ0v) is 13.1. The quantitative estimate of drug-likeness (QED) is 0.849. The minimum absolute atomic E-state index is 0.837. The first-order chi connectivity index (χ1) is 10.2. The summed E-state index contributed by atoms with van der Waals surface area (Å²) in [5.74, 6) is 1.03. The second-order valence-corrected chi connectivity index (χ2v) is 5.17. The molecule has 4 nitrogen and oxygen atoms in total. The molecule has 21 heavy (non-hydrogen) atoms. The molecule has 0 aliphatic rings. The topological polar surface area (TPSA) is 41.1 Å². The summed E-state index contributed by atoms with van der Waals surface area (Å²) in [7, 11) is 2.08. The maximum Gasteiger partial charge on any atom is 0.129 e. The van der Waals surface area contributed by atoms with Crippen molar-refractivity contribution < 1.29 is 0 Å². The average molecular weight is 284 g/mol. The van der Waals surface area contributed by atoms with Crippen LogP contribution in [0.4, 0.5) is 5.82 Å². The Hall–Kier alpha value is -1.94. The summed E-state index contributed by atoms with van der Waals surface area (Å²) in [5, 5.41) is 3.38. The number of hydrogen-bond acceptors (Lipinski definition) is 4. The third-order valence-corrected chi connectivity index (χ3v) is 3.43. The van der Waals surface area contributed by atoms with Crippen molar-refractivity contribution in [2.24, 2.45) is 0 Å². The van der Waals surface area contributed by atoms with Gasteiger partial charge in [-0.3, -0.25) is 4.98 Å². The van der Waals surface area contributed by atoms with Crippen molar-refractivity contribution in [3.05, 3.63) is 53.5 Å². The van der Waals surface area contributed by atoms with E-state index in [-0.39, 0.29) is 0 Å². The van der Waals surface area contributed by atoms with Crippen LogP contribution in [0.25, 0.3) is 0 Å². The highest BCUT2D eigenvalue weighted by Gasteiger charge is 2.07. The SMILES string of the molecule is CCNCc1cc(CC)nc(N(C)Cc2ccncc2)c1. The maximum absolute atomic E-state index is 4.74. The van der Waals surface area contributed by atoms with Crippen molar-refractivity contribution in [2.45, 2.75) is 33.4 Å². The molecule has 0 aromatic carbocycles. The fraction of sp³-hybridized carbons (Fsp3) is 0.412. The molecule has 0 saturated heterocycles. The Balaban J connectivity index is 2.16. The summed E-state index contributed by atoms with van der Waals surface area (Å²) in [4.78, 5) is 11.0. The van der Waals surface area contributed by atoms with Crippen molar-refractivity contribution in [3.8, 4) is 0 Å². The number of aromatic nitrogens is 2. The van der Waals surface area contributed by atoms with Crippen LogP contribution < -0.4 is 10.2 Å². The molecule has 0 bridgehead atoms. The lowest BCUT2D eigenvalue weighted by Gasteiger charge is -2.20. The van der Waals surface area contributed by atoms with Crippen LogP contribution in [0, 0.1) is 0 Å². The van der Waals surface area contributed by atoms with E-state index in [0.717, 1.165) is 37.6 Å². The van der Waals surface area contributed by atoms with Gasteiger partial charge in [-0.1, -0.05) is 13.8 Å². The molecule has 0 unspecified atom stereocenters. The molecule has 2 aromatic heterocycles. The van der Waals surface area contributed by atoms with Gasteiger partial charge < -0.3 is 10.2 Å². The Labute approximate surface area is 127 Å². The molecule has 2 aromatic rings. The Morgan fingerprint density at radius 2 is 1.86 bits per heavy atom. The first-order valence-corrected chi connectivity index (χ1v) is 7.53. The first-order valence-electron chi connectivity index (χ1n) is 7.53. The third kappa shape index (κ3) is 4.53. The molecule has 0 radical (unpaired) electrons. The summed E-state index contributed by atoms with van der Waals surface area (Å²) in [5.41, 5.74) is 3.67. The van der Waals surface area contributed by atoms with E-state index in [1.807, 2.05) is 24.5 Å². The number of pyridine rings is 2. The molecule has 0 aliphatic carbocycles. The maximum atomic E-state index is 4.74. The van der Waals surface area contributed by atoms with Gasteiger partial charge in [-0.05, 0) is 48.4 Å². The van der Waals surface area contributed by atoms with E-state index in [1.165, 1.54) is 11.1 Å². The molecule has 0 aliphatic heterocycles. The molecule has 2 heterocycles. The van der Waals surface area contributed by atoms with Gasteiger partial charge in [0.05, 0.1) is 0 Å². The van der Waals surface area contributed by atoms with E-state index in [9.17, 15) is 0 Å². The van der Waals surface area contributed by atoms with E-state index in [0.29, 0.717) is 0 Å². The predicted molar refractivity (Wildman–Crippen MR) is 87.3 cm³/mol. The van der Waals surface area contributed by atoms with E-state index in [2.05, 4.69) is 48.2 Å². The van der Waals surface area contributed by atoms with E-state index < -0.39 is 0 Å². The number of aryl methyl sites for hydroxylation is 1. The minimum atomic E-state index is 0.837. The summed E-state index contributed by atoms with van der Waals surface area (Å²) >= 11 is 0. The van der Waals surface area contributed by atoms with Gasteiger partial charge in [0.15, 0.2) is 0 Å². The normalized spacial score (nSPS) is 10.6. The second-order valence-electron chi connectivity index (χ2n) is 5.17. The summed E-state index contributed by atoms with van der Waals surface area (Å²) in [6.07, 6.45) is 4.61. The Bertz CT molecular complexity index is 554. The largest absolute Gasteiger partial charge is 0.355 e. The standard InChI is InChI=1S/C17H24N4/c1-4-16-10-15(12-18-5-2)11-17(20-16)21(3)13-14-6-8-19-9-7-14/h6-11,18H,4-5,12-13H2,1-3H3. The van der Waals surface area contributed by atoms with Crippen LogP contribution in [0.3, 0.4) is 0 Å². The highest BCUT2D eigenvalue weighted by atomic mass is 15.2. The van der Waals surface area contributed by atoms with E-state index in [4.69, 9.17) is 4.98 Å². The molecule has 0 spiro atoms. The van der Waals surface area contributed by atoms with Gasteiger partial charge in [-0.2, -0.15) is 0 Å². The van der Waals surface area contributed by atoms with Crippen LogP contribution in [0.5, 0.6) is 0 Å². The number of rotatable bonds is 7. The van der Waals surface area contributed by atoms with Crippen molar-refractivity contribution in [1.82, 2.24) is 15.3 Å². The van der Waals surface area contributed by atoms with Gasteiger partial charge in [-0.25, -0.2) is 4.98 Å². The van der Waals surface area contributed by atoms with Crippen molar-refractivity contribution in [2.75, 3.05) is 18.5 Å². The molecule has 0 atom stereocenters. The van der Waals surface area contributed by atoms with Crippen molar-refractivity contribution in [3.63, 3.8) is 0 Å². The molecule has 4 heteroatoms. The zero-order valence-electron chi connectivity index (χ0n) is 13.1. The van der Waals surface area contributed by atoms with Crippen LogP contribution in [0.1, 0.15) is 30.7 Å². The molecular weight excluding hydrogens is 260 g/mol. The smallest absolute Gasteiger partial charge is 0.129 e. The Morgan fingerprint density at radius 3 is 2.52 bits per heavy atom. The van der Waals surface area contributed by atoms with E-state index in [1.54, 1.807) is 0 Å². The lowest BCUT2D eigenvalue weighted by atomic mass is 10.2. The molecule has 112 valence electrons. The summed E-state index contributed by atoms with van der Waals surface area (Å²) < 4.78 is 0. The van der Waals surface area contributed by atoms with Crippen LogP contribution in [-0.4, -0.2) is 23.6 Å². The summed E-state index contributed by atoms with van der Waals surface area (Å²) in [6.45, 7) is 6.97. The predicted octanol–water partition coefficient (Wildman–Crippen LogP) is 2.78. The highest BCUT2D eigenvalue weighted by molar-refractivity contribution is 5.42. The first kappa shape index (κ1) is 15.4. The third-order valence-electron chi connectivity index (χ3n) is 3.43. The fourth-order valence-electron chi connectivity index (χ4n) is 2.22. The molecule has 1 N–H and O–H groups in total. The van der Waals surface area contributed by atoms with Crippen LogP contribution in [0.15, 0.2) is 36.7 Å².